The van der Waals surface area contributed by atoms with Crippen LogP contribution in [0, 0.1) is 5.92 Å². The molecule has 4 aromatic carbocycles. The predicted molar refractivity (Wildman–Crippen MR) is 190 cm³/mol. The third-order valence-corrected chi connectivity index (χ3v) is 8.69. The van der Waals surface area contributed by atoms with Crippen LogP contribution in [0.25, 0.3) is 0 Å². The molecule has 5 aromatic rings. The highest BCUT2D eigenvalue weighted by atomic mass is 16.3. The largest absolute Gasteiger partial charge is 0.396 e. The lowest BCUT2D eigenvalue weighted by atomic mass is 9.82. The molecule has 6 rings (SSSR count). The number of hydrogen-bond donors (Lipinski definition) is 4. The molecule has 0 saturated carbocycles. The van der Waals surface area contributed by atoms with Crippen LogP contribution in [0.1, 0.15) is 50.9 Å². The molecule has 0 bridgehead atoms. The van der Waals surface area contributed by atoms with Crippen molar-refractivity contribution in [1.82, 2.24) is 15.0 Å². The normalized spacial score (nSPS) is 16.0. The molecule has 0 aliphatic carbocycles. The molecule has 1 aliphatic heterocycles. The second kappa shape index (κ2) is 15.1. The molecule has 0 spiro atoms. The van der Waals surface area contributed by atoms with Crippen LogP contribution < -0.4 is 15.5 Å². The van der Waals surface area contributed by atoms with Gasteiger partial charge in [-0.3, -0.25) is 19.1 Å². The van der Waals surface area contributed by atoms with Gasteiger partial charge in [0.05, 0.1) is 17.9 Å². The van der Waals surface area contributed by atoms with Gasteiger partial charge in [0.1, 0.15) is 0 Å². The van der Waals surface area contributed by atoms with E-state index in [2.05, 4.69) is 20.9 Å². The lowest BCUT2D eigenvalue weighted by Gasteiger charge is -2.28. The van der Waals surface area contributed by atoms with Crippen molar-refractivity contribution in [3.8, 4) is 0 Å². The Morgan fingerprint density at radius 2 is 1.54 bits per heavy atom. The minimum absolute atomic E-state index is 0.00484. The fourth-order valence-corrected chi connectivity index (χ4v) is 6.02. The summed E-state index contributed by atoms with van der Waals surface area (Å²) >= 11 is 0. The van der Waals surface area contributed by atoms with Crippen LogP contribution in [0.2, 0.25) is 0 Å². The Labute approximate surface area is 289 Å². The van der Waals surface area contributed by atoms with Gasteiger partial charge in [0, 0.05) is 59.8 Å². The van der Waals surface area contributed by atoms with E-state index < -0.39 is 17.4 Å². The standard InChI is InChI=1S/C39H38N6O5/c1-27(11-8-9-21-44-26-33(20-22-46)42-43-44)39(50)34-24-32(41-37(48)30-15-6-3-7-16-30)18-19-35(34)45(38(39)49)25-28-12-10-17-31(23-28)40-36(47)29-13-4-2-5-14-29/h2-8,10-19,23-24,26-27,46,50H,9,20-22,25H2,1H3,(H,40,47)(H,41,48)/b11-8+/t27-,39+/m0/s1. The lowest BCUT2D eigenvalue weighted by molar-refractivity contribution is -0.139. The Balaban J connectivity index is 1.25. The number of benzene rings is 4. The van der Waals surface area contributed by atoms with Crippen molar-refractivity contribution in [2.24, 2.45) is 5.92 Å². The molecule has 11 heteroatoms. The maximum Gasteiger partial charge on any atom is 0.264 e. The second-order valence-electron chi connectivity index (χ2n) is 12.2. The molecule has 254 valence electrons. The zero-order valence-corrected chi connectivity index (χ0v) is 27.6. The SMILES string of the molecule is C[C@@H](/C=C/CCn1cc(CCO)nn1)[C@]1(O)C(=O)N(Cc2cccc(NC(=O)c3ccccc3)c2)c2ccc(NC(=O)c3ccccc3)cc21. The van der Waals surface area contributed by atoms with Crippen LogP contribution in [-0.2, 0) is 29.9 Å². The Hall–Kier alpha value is -5.91. The van der Waals surface area contributed by atoms with E-state index in [1.807, 2.05) is 30.4 Å². The Bertz CT molecular complexity index is 2010. The number of rotatable bonds is 13. The summed E-state index contributed by atoms with van der Waals surface area (Å²) in [6, 6.07) is 30.1. The molecule has 1 aliphatic rings. The van der Waals surface area contributed by atoms with Crippen LogP contribution >= 0.6 is 0 Å². The maximum absolute atomic E-state index is 14.3. The number of carbonyl (C=O) groups excluding carboxylic acids is 3. The Kier molecular flexibility index (Phi) is 10.3. The molecule has 0 saturated heterocycles. The number of aliphatic hydroxyl groups is 2. The van der Waals surface area contributed by atoms with E-state index in [1.165, 1.54) is 0 Å². The van der Waals surface area contributed by atoms with E-state index in [-0.39, 0.29) is 25.0 Å². The minimum Gasteiger partial charge on any atom is -0.396 e. The number of carbonyl (C=O) groups is 3. The van der Waals surface area contributed by atoms with Crippen LogP contribution in [0.15, 0.2) is 121 Å². The fourth-order valence-electron chi connectivity index (χ4n) is 6.02. The molecule has 50 heavy (non-hydrogen) atoms. The van der Waals surface area contributed by atoms with Crippen molar-refractivity contribution in [3.05, 3.63) is 149 Å². The van der Waals surface area contributed by atoms with E-state index in [4.69, 9.17) is 5.11 Å². The molecule has 0 radical (unpaired) electrons. The number of amides is 3. The van der Waals surface area contributed by atoms with Gasteiger partial charge < -0.3 is 25.7 Å². The van der Waals surface area contributed by atoms with Gasteiger partial charge in [-0.15, -0.1) is 5.10 Å². The summed E-state index contributed by atoms with van der Waals surface area (Å²) in [5.41, 5.74) is 2.44. The quantitative estimate of drug-likeness (QED) is 0.124. The van der Waals surface area contributed by atoms with Crippen molar-refractivity contribution in [2.45, 2.75) is 38.5 Å². The zero-order chi connectivity index (χ0) is 35.1. The van der Waals surface area contributed by atoms with Crippen LogP contribution in [-0.4, -0.2) is 49.5 Å². The van der Waals surface area contributed by atoms with E-state index in [1.54, 1.807) is 108 Å². The fraction of sp³-hybridized carbons (Fsp3) is 0.205. The maximum atomic E-state index is 14.3. The summed E-state index contributed by atoms with van der Waals surface area (Å²) in [6.07, 6.45) is 6.49. The molecule has 2 atom stereocenters. The number of allylic oxidation sites excluding steroid dienone is 1. The lowest BCUT2D eigenvalue weighted by Crippen LogP contribution is -2.44. The first kappa shape index (κ1) is 34.0. The van der Waals surface area contributed by atoms with Gasteiger partial charge in [0.2, 0.25) is 0 Å². The molecule has 2 heterocycles. The van der Waals surface area contributed by atoms with Gasteiger partial charge >= 0.3 is 0 Å². The summed E-state index contributed by atoms with van der Waals surface area (Å²) in [5, 5.41) is 35.4. The highest BCUT2D eigenvalue weighted by Gasteiger charge is 2.52. The van der Waals surface area contributed by atoms with Gasteiger partial charge in [0.25, 0.3) is 17.7 Å². The second-order valence-corrected chi connectivity index (χ2v) is 12.2. The number of aromatic nitrogens is 3. The average molecular weight is 671 g/mol. The highest BCUT2D eigenvalue weighted by Crippen LogP contribution is 2.47. The summed E-state index contributed by atoms with van der Waals surface area (Å²) in [7, 11) is 0. The van der Waals surface area contributed by atoms with Crippen molar-refractivity contribution in [3.63, 3.8) is 0 Å². The van der Waals surface area contributed by atoms with Crippen molar-refractivity contribution < 1.29 is 24.6 Å². The minimum atomic E-state index is -1.93. The third-order valence-electron chi connectivity index (χ3n) is 8.69. The average Bonchev–Trinajstić information content (AvgIpc) is 3.67. The molecular formula is C39H38N6O5. The first-order valence-electron chi connectivity index (χ1n) is 16.4. The zero-order valence-electron chi connectivity index (χ0n) is 27.6. The number of hydrogen-bond acceptors (Lipinski definition) is 7. The first-order valence-corrected chi connectivity index (χ1v) is 16.4. The topological polar surface area (TPSA) is 150 Å². The number of anilines is 3. The number of aliphatic hydroxyl groups excluding tert-OH is 1. The van der Waals surface area contributed by atoms with Gasteiger partial charge in [-0.2, -0.15) is 0 Å². The smallest absolute Gasteiger partial charge is 0.264 e. The van der Waals surface area contributed by atoms with E-state index in [0.717, 1.165) is 5.56 Å². The Morgan fingerprint density at radius 3 is 2.20 bits per heavy atom. The van der Waals surface area contributed by atoms with Crippen LogP contribution in [0.5, 0.6) is 0 Å². The van der Waals surface area contributed by atoms with Gasteiger partial charge in [0.15, 0.2) is 5.60 Å². The van der Waals surface area contributed by atoms with E-state index in [0.29, 0.717) is 58.8 Å². The van der Waals surface area contributed by atoms with E-state index in [9.17, 15) is 19.5 Å². The summed E-state index contributed by atoms with van der Waals surface area (Å²) in [4.78, 5) is 41.6. The molecule has 0 fully saturated rings. The van der Waals surface area contributed by atoms with Crippen molar-refractivity contribution >= 4 is 34.8 Å². The monoisotopic (exact) mass is 670 g/mol. The summed E-state index contributed by atoms with van der Waals surface area (Å²) in [5.74, 6) is -1.71. The molecule has 3 amide bonds. The molecule has 1 aromatic heterocycles. The molecular weight excluding hydrogens is 632 g/mol. The van der Waals surface area contributed by atoms with Gasteiger partial charge in [-0.25, -0.2) is 0 Å². The third kappa shape index (κ3) is 7.39. The molecule has 0 unspecified atom stereocenters. The Morgan fingerprint density at radius 1 is 0.880 bits per heavy atom. The number of fused-ring (bicyclic) bond motifs is 1. The molecule has 4 N–H and O–H groups in total. The van der Waals surface area contributed by atoms with E-state index >= 15 is 0 Å². The summed E-state index contributed by atoms with van der Waals surface area (Å²) in [6.45, 7) is 2.45. The summed E-state index contributed by atoms with van der Waals surface area (Å²) < 4.78 is 1.69. The van der Waals surface area contributed by atoms with Crippen molar-refractivity contribution in [1.29, 1.82) is 0 Å². The van der Waals surface area contributed by atoms with Gasteiger partial charge in [-0.05, 0) is 66.6 Å². The first-order chi connectivity index (χ1) is 24.3. The van der Waals surface area contributed by atoms with Crippen molar-refractivity contribution in [2.75, 3.05) is 22.1 Å². The number of nitrogens with zero attached hydrogens (tertiary/aromatic N) is 4. The highest BCUT2D eigenvalue weighted by molar-refractivity contribution is 6.09. The van der Waals surface area contributed by atoms with Crippen LogP contribution in [0.4, 0.5) is 17.1 Å². The predicted octanol–water partition coefficient (Wildman–Crippen LogP) is 5.33. The van der Waals surface area contributed by atoms with Crippen LogP contribution in [0.3, 0.4) is 0 Å². The molecule has 11 nitrogen and oxygen atoms in total. The van der Waals surface area contributed by atoms with Gasteiger partial charge in [-0.1, -0.05) is 72.8 Å². The number of aryl methyl sites for hydroxylation is 1. The number of nitrogens with one attached hydrogen (secondary N) is 2.